The molecule has 0 aromatic carbocycles. The average Bonchev–Trinajstić information content (AvgIpc) is 2.32. The van der Waals surface area contributed by atoms with Crippen LogP contribution in [0.15, 0.2) is 23.1 Å². The molecule has 0 fully saturated rings. The first-order chi connectivity index (χ1) is 8.04. The summed E-state index contributed by atoms with van der Waals surface area (Å²) in [4.78, 5) is 27.4. The van der Waals surface area contributed by atoms with E-state index in [1.54, 1.807) is 13.0 Å². The first kappa shape index (κ1) is 11.1. The minimum absolute atomic E-state index is 0.267. The predicted molar refractivity (Wildman–Crippen MR) is 62.2 cm³/mol. The molecular weight excluding hydrogens is 222 g/mol. The molecule has 88 valence electrons. The molecule has 0 amide bonds. The lowest BCUT2D eigenvalue weighted by Crippen LogP contribution is -2.26. The van der Waals surface area contributed by atoms with E-state index in [0.29, 0.717) is 16.6 Å². The third-order valence-corrected chi connectivity index (χ3v) is 2.51. The molecule has 0 aliphatic carbocycles. The number of methoxy groups -OCH3 is 1. The van der Waals surface area contributed by atoms with Crippen LogP contribution in [0.1, 0.15) is 16.1 Å². The molecule has 6 nitrogen and oxygen atoms in total. The number of nitrogen functional groups attached to an aromatic ring is 1. The molecule has 0 saturated carbocycles. The highest BCUT2D eigenvalue weighted by Crippen LogP contribution is 2.13. The Morgan fingerprint density at radius 2 is 2.24 bits per heavy atom. The van der Waals surface area contributed by atoms with Crippen molar-refractivity contribution in [2.45, 2.75) is 6.92 Å². The van der Waals surface area contributed by atoms with E-state index in [1.165, 1.54) is 19.4 Å². The number of nitrogens with two attached hydrogens (primary N) is 1. The van der Waals surface area contributed by atoms with Crippen molar-refractivity contribution < 1.29 is 9.53 Å². The summed E-state index contributed by atoms with van der Waals surface area (Å²) in [5.41, 5.74) is 0.879. The monoisotopic (exact) mass is 233 g/mol. The van der Waals surface area contributed by atoms with Crippen molar-refractivity contribution in [3.63, 3.8) is 0 Å². The number of aryl methyl sites for hydroxylation is 1. The fraction of sp³-hybridized carbons (Fsp3) is 0.182. The fourth-order valence-corrected chi connectivity index (χ4v) is 1.60. The highest BCUT2D eigenvalue weighted by atomic mass is 16.5. The van der Waals surface area contributed by atoms with Gasteiger partial charge in [0.05, 0.1) is 29.3 Å². The largest absolute Gasteiger partial charge is 0.465 e. The second-order valence-corrected chi connectivity index (χ2v) is 3.57. The van der Waals surface area contributed by atoms with Crippen LogP contribution in [0.2, 0.25) is 0 Å². The standard InChI is InChI=1S/C11H11N3O3/c1-6-7(11(16)17-2)5-8-9(13-6)3-4-14(12)10(8)15/h3-5H,12H2,1-2H3. The number of aromatic nitrogens is 2. The van der Waals surface area contributed by atoms with Gasteiger partial charge in [-0.25, -0.2) is 9.47 Å². The molecule has 2 N–H and O–H groups in total. The van der Waals surface area contributed by atoms with Gasteiger partial charge in [0, 0.05) is 6.20 Å². The lowest BCUT2D eigenvalue weighted by Gasteiger charge is -2.06. The van der Waals surface area contributed by atoms with Crippen LogP contribution in [-0.2, 0) is 4.74 Å². The van der Waals surface area contributed by atoms with Crippen molar-refractivity contribution in [1.29, 1.82) is 0 Å². The van der Waals surface area contributed by atoms with Crippen LogP contribution < -0.4 is 11.4 Å². The molecule has 0 unspecified atom stereocenters. The van der Waals surface area contributed by atoms with E-state index in [-0.39, 0.29) is 5.56 Å². The summed E-state index contributed by atoms with van der Waals surface area (Å²) in [6.45, 7) is 1.68. The number of fused-ring (bicyclic) bond motifs is 1. The highest BCUT2D eigenvalue weighted by molar-refractivity contribution is 5.94. The maximum absolute atomic E-state index is 11.7. The summed E-state index contributed by atoms with van der Waals surface area (Å²) in [7, 11) is 1.28. The zero-order valence-electron chi connectivity index (χ0n) is 9.43. The zero-order chi connectivity index (χ0) is 12.6. The minimum atomic E-state index is -0.524. The van der Waals surface area contributed by atoms with Crippen molar-refractivity contribution in [1.82, 2.24) is 9.66 Å². The second kappa shape index (κ2) is 3.89. The second-order valence-electron chi connectivity index (χ2n) is 3.57. The van der Waals surface area contributed by atoms with E-state index in [1.807, 2.05) is 0 Å². The molecule has 2 heterocycles. The summed E-state index contributed by atoms with van der Waals surface area (Å²) in [5, 5.41) is 0.293. The average molecular weight is 233 g/mol. The Kier molecular flexibility index (Phi) is 2.55. The van der Waals surface area contributed by atoms with Gasteiger partial charge < -0.3 is 10.6 Å². The number of esters is 1. The maximum atomic E-state index is 11.7. The predicted octanol–water partition coefficient (Wildman–Crippen LogP) is 0.205. The van der Waals surface area contributed by atoms with Crippen molar-refractivity contribution in [2.24, 2.45) is 0 Å². The molecular formula is C11H11N3O3. The van der Waals surface area contributed by atoms with Gasteiger partial charge in [-0.05, 0) is 19.1 Å². The van der Waals surface area contributed by atoms with Crippen LogP contribution in [-0.4, -0.2) is 22.7 Å². The summed E-state index contributed by atoms with van der Waals surface area (Å²) in [6, 6.07) is 3.07. The van der Waals surface area contributed by atoms with E-state index >= 15 is 0 Å². The fourth-order valence-electron chi connectivity index (χ4n) is 1.60. The molecule has 2 aromatic heterocycles. The number of hydrogen-bond acceptors (Lipinski definition) is 5. The number of pyridine rings is 2. The topological polar surface area (TPSA) is 87.2 Å². The Labute approximate surface area is 96.6 Å². The Bertz CT molecular complexity index is 661. The molecule has 6 heteroatoms. The number of rotatable bonds is 1. The van der Waals surface area contributed by atoms with Gasteiger partial charge in [0.1, 0.15) is 0 Å². The third kappa shape index (κ3) is 1.73. The van der Waals surface area contributed by atoms with Crippen LogP contribution in [0.3, 0.4) is 0 Å². The number of carbonyl (C=O) groups is 1. The maximum Gasteiger partial charge on any atom is 0.339 e. The molecule has 0 aliphatic heterocycles. The van der Waals surface area contributed by atoms with E-state index in [9.17, 15) is 9.59 Å². The van der Waals surface area contributed by atoms with E-state index in [4.69, 9.17) is 5.84 Å². The van der Waals surface area contributed by atoms with Crippen LogP contribution in [0, 0.1) is 6.92 Å². The van der Waals surface area contributed by atoms with Gasteiger partial charge >= 0.3 is 5.97 Å². The zero-order valence-corrected chi connectivity index (χ0v) is 9.43. The number of ether oxygens (including phenoxy) is 1. The first-order valence-electron chi connectivity index (χ1n) is 4.91. The molecule has 2 aromatic rings. The Balaban J connectivity index is 2.82. The lowest BCUT2D eigenvalue weighted by molar-refractivity contribution is 0.0599. The SMILES string of the molecule is COC(=O)c1cc2c(=O)n(N)ccc2nc1C. The summed E-state index contributed by atoms with van der Waals surface area (Å²) >= 11 is 0. The van der Waals surface area contributed by atoms with Gasteiger partial charge in [-0.1, -0.05) is 0 Å². The van der Waals surface area contributed by atoms with Crippen LogP contribution in [0.4, 0.5) is 0 Å². The molecule has 2 rings (SSSR count). The van der Waals surface area contributed by atoms with E-state index in [2.05, 4.69) is 9.72 Å². The van der Waals surface area contributed by atoms with Gasteiger partial charge in [-0.3, -0.25) is 9.78 Å². The third-order valence-electron chi connectivity index (χ3n) is 2.51. The molecule has 0 radical (unpaired) electrons. The Morgan fingerprint density at radius 1 is 1.53 bits per heavy atom. The summed E-state index contributed by atoms with van der Waals surface area (Å²) in [6.07, 6.45) is 1.43. The van der Waals surface area contributed by atoms with Crippen LogP contribution in [0.25, 0.3) is 10.9 Å². The van der Waals surface area contributed by atoms with Crippen molar-refractivity contribution in [3.8, 4) is 0 Å². The quantitative estimate of drug-likeness (QED) is 0.561. The molecule has 17 heavy (non-hydrogen) atoms. The van der Waals surface area contributed by atoms with Crippen molar-refractivity contribution in [2.75, 3.05) is 13.0 Å². The van der Waals surface area contributed by atoms with Crippen LogP contribution in [0.5, 0.6) is 0 Å². The number of nitrogens with zero attached hydrogens (tertiary/aromatic N) is 2. The number of hydrogen-bond donors (Lipinski definition) is 1. The van der Waals surface area contributed by atoms with Crippen molar-refractivity contribution in [3.05, 3.63) is 39.9 Å². The normalized spacial score (nSPS) is 10.5. The molecule has 0 bridgehead atoms. The molecule has 0 atom stereocenters. The molecule has 0 saturated heterocycles. The smallest absolute Gasteiger partial charge is 0.339 e. The lowest BCUT2D eigenvalue weighted by atomic mass is 10.1. The summed E-state index contributed by atoms with van der Waals surface area (Å²) < 4.78 is 5.56. The molecule has 0 aliphatic rings. The van der Waals surface area contributed by atoms with Crippen molar-refractivity contribution >= 4 is 16.9 Å². The Hall–Kier alpha value is -2.37. The van der Waals surface area contributed by atoms with Gasteiger partial charge in [-0.15, -0.1) is 0 Å². The highest BCUT2D eigenvalue weighted by Gasteiger charge is 2.13. The number of carbonyl (C=O) groups excluding carboxylic acids is 1. The van der Waals surface area contributed by atoms with Gasteiger partial charge in [0.25, 0.3) is 5.56 Å². The Morgan fingerprint density at radius 3 is 2.88 bits per heavy atom. The van der Waals surface area contributed by atoms with Gasteiger partial charge in [0.15, 0.2) is 0 Å². The van der Waals surface area contributed by atoms with Gasteiger partial charge in [-0.2, -0.15) is 0 Å². The first-order valence-corrected chi connectivity index (χ1v) is 4.91. The van der Waals surface area contributed by atoms with Crippen LogP contribution >= 0.6 is 0 Å². The van der Waals surface area contributed by atoms with Gasteiger partial charge in [0.2, 0.25) is 0 Å². The van der Waals surface area contributed by atoms with E-state index in [0.717, 1.165) is 4.68 Å². The minimum Gasteiger partial charge on any atom is -0.465 e. The summed E-state index contributed by atoms with van der Waals surface area (Å²) in [5.74, 6) is 4.92. The van der Waals surface area contributed by atoms with E-state index < -0.39 is 11.5 Å². The molecule has 0 spiro atoms.